The Bertz CT molecular complexity index is 970. The highest BCUT2D eigenvalue weighted by molar-refractivity contribution is 7.98. The van der Waals surface area contributed by atoms with Crippen molar-refractivity contribution in [1.82, 2.24) is 19.4 Å². The van der Waals surface area contributed by atoms with E-state index in [9.17, 15) is 4.79 Å². The fourth-order valence-electron chi connectivity index (χ4n) is 3.66. The Morgan fingerprint density at radius 2 is 2.22 bits per heavy atom. The molecule has 1 saturated heterocycles. The lowest BCUT2D eigenvalue weighted by Crippen LogP contribution is -2.33. The lowest BCUT2D eigenvalue weighted by atomic mass is 10.1. The topological polar surface area (TPSA) is 63.1 Å². The minimum absolute atomic E-state index is 0.0481. The van der Waals surface area contributed by atoms with E-state index in [1.54, 1.807) is 18.0 Å². The smallest absolute Gasteiger partial charge is 0.321 e. The van der Waals surface area contributed by atoms with Gasteiger partial charge in [0.1, 0.15) is 11.3 Å². The molecule has 4 rings (SSSR count). The van der Waals surface area contributed by atoms with Gasteiger partial charge in [-0.1, -0.05) is 6.07 Å². The number of carbonyl (C=O) groups is 1. The summed E-state index contributed by atoms with van der Waals surface area (Å²) in [6.45, 7) is 4.35. The molecule has 1 aromatic carbocycles. The number of fused-ring (bicyclic) bond motifs is 1. The van der Waals surface area contributed by atoms with Crippen molar-refractivity contribution >= 4 is 34.6 Å². The number of imidazole rings is 1. The third-order valence-electron chi connectivity index (χ3n) is 5.01. The summed E-state index contributed by atoms with van der Waals surface area (Å²) in [4.78, 5) is 25.0. The van der Waals surface area contributed by atoms with Crippen molar-refractivity contribution in [3.63, 3.8) is 0 Å². The van der Waals surface area contributed by atoms with Gasteiger partial charge in [-0.25, -0.2) is 14.8 Å². The van der Waals surface area contributed by atoms with Crippen molar-refractivity contribution < 1.29 is 4.79 Å². The summed E-state index contributed by atoms with van der Waals surface area (Å²) < 4.78 is 2.17. The van der Waals surface area contributed by atoms with Crippen LogP contribution in [0.1, 0.15) is 25.1 Å². The summed E-state index contributed by atoms with van der Waals surface area (Å²) >= 11 is 1.66. The van der Waals surface area contributed by atoms with Crippen molar-refractivity contribution in [2.45, 2.75) is 30.7 Å². The Morgan fingerprint density at radius 1 is 1.33 bits per heavy atom. The molecule has 1 atom stereocenters. The number of amides is 2. The van der Waals surface area contributed by atoms with Gasteiger partial charge in [0.25, 0.3) is 0 Å². The molecular formula is C20H23N5OS. The van der Waals surface area contributed by atoms with Crippen LogP contribution >= 0.6 is 11.8 Å². The van der Waals surface area contributed by atoms with Crippen LogP contribution in [0, 0.1) is 0 Å². The van der Waals surface area contributed by atoms with E-state index in [1.807, 2.05) is 47.6 Å². The van der Waals surface area contributed by atoms with E-state index in [-0.39, 0.29) is 11.9 Å². The molecule has 1 fully saturated rings. The van der Waals surface area contributed by atoms with Crippen LogP contribution in [-0.4, -0.2) is 44.8 Å². The largest absolute Gasteiger partial charge is 0.324 e. The molecule has 1 aliphatic heterocycles. The molecule has 3 aromatic rings. The van der Waals surface area contributed by atoms with E-state index in [1.165, 1.54) is 0 Å². The molecule has 27 heavy (non-hydrogen) atoms. The second kappa shape index (κ2) is 7.60. The zero-order valence-electron chi connectivity index (χ0n) is 15.6. The molecule has 0 spiro atoms. The highest BCUT2D eigenvalue weighted by Crippen LogP contribution is 2.29. The van der Waals surface area contributed by atoms with Crippen molar-refractivity contribution in [1.29, 1.82) is 0 Å². The van der Waals surface area contributed by atoms with Gasteiger partial charge in [0.15, 0.2) is 5.65 Å². The monoisotopic (exact) mass is 381 g/mol. The number of nitrogens with zero attached hydrogens (tertiary/aromatic N) is 4. The summed E-state index contributed by atoms with van der Waals surface area (Å²) in [6, 6.07) is 11.8. The number of hydrogen-bond donors (Lipinski definition) is 1. The standard InChI is InChI=1S/C20H23N5OS/c1-3-25-18(23-17-8-5-10-21-19(17)25)14-9-11-24(13-14)20(26)22-15-6-4-7-16(12-15)27-2/h4-8,10,12,14H,3,9,11,13H2,1-2H3,(H,22,26)/t14-/m1/s1. The summed E-state index contributed by atoms with van der Waals surface area (Å²) in [7, 11) is 0. The average Bonchev–Trinajstić information content (AvgIpc) is 3.32. The second-order valence-electron chi connectivity index (χ2n) is 6.65. The molecule has 2 amide bonds. The maximum absolute atomic E-state index is 12.7. The third kappa shape index (κ3) is 3.51. The number of hydrogen-bond acceptors (Lipinski definition) is 4. The summed E-state index contributed by atoms with van der Waals surface area (Å²) in [5, 5.41) is 3.02. The van der Waals surface area contributed by atoms with Crippen LogP contribution in [0.2, 0.25) is 0 Å². The number of aromatic nitrogens is 3. The quantitative estimate of drug-likeness (QED) is 0.688. The summed E-state index contributed by atoms with van der Waals surface area (Å²) in [5.41, 5.74) is 2.68. The van der Waals surface area contributed by atoms with Gasteiger partial charge in [0.2, 0.25) is 0 Å². The number of aryl methyl sites for hydroxylation is 1. The number of thioether (sulfide) groups is 1. The van der Waals surface area contributed by atoms with E-state index in [4.69, 9.17) is 4.98 Å². The van der Waals surface area contributed by atoms with Crippen LogP contribution in [0.25, 0.3) is 11.2 Å². The molecule has 1 N–H and O–H groups in total. The lowest BCUT2D eigenvalue weighted by Gasteiger charge is -2.18. The lowest BCUT2D eigenvalue weighted by molar-refractivity contribution is 0.222. The Kier molecular flexibility index (Phi) is 5.03. The minimum Gasteiger partial charge on any atom is -0.324 e. The zero-order valence-corrected chi connectivity index (χ0v) is 16.4. The van der Waals surface area contributed by atoms with Crippen LogP contribution in [0.5, 0.6) is 0 Å². The van der Waals surface area contributed by atoms with Crippen molar-refractivity contribution in [2.24, 2.45) is 0 Å². The fourth-order valence-corrected chi connectivity index (χ4v) is 4.12. The highest BCUT2D eigenvalue weighted by Gasteiger charge is 2.31. The van der Waals surface area contributed by atoms with Gasteiger partial charge in [0, 0.05) is 42.3 Å². The van der Waals surface area contributed by atoms with Gasteiger partial charge in [-0.05, 0) is 49.9 Å². The van der Waals surface area contributed by atoms with Gasteiger partial charge in [0.05, 0.1) is 0 Å². The van der Waals surface area contributed by atoms with Crippen LogP contribution in [-0.2, 0) is 6.54 Å². The van der Waals surface area contributed by atoms with E-state index in [2.05, 4.69) is 21.8 Å². The first-order valence-corrected chi connectivity index (χ1v) is 10.4. The van der Waals surface area contributed by atoms with Crippen molar-refractivity contribution in [2.75, 3.05) is 24.7 Å². The SMILES string of the molecule is CCn1c([C@@H]2CCN(C(=O)Nc3cccc(SC)c3)C2)nc2cccnc21. The van der Waals surface area contributed by atoms with E-state index >= 15 is 0 Å². The molecule has 0 saturated carbocycles. The fraction of sp³-hybridized carbons (Fsp3) is 0.350. The molecular weight excluding hydrogens is 358 g/mol. The molecule has 0 radical (unpaired) electrons. The maximum Gasteiger partial charge on any atom is 0.321 e. The first kappa shape index (κ1) is 17.9. The predicted molar refractivity (Wildman–Crippen MR) is 109 cm³/mol. The molecule has 1 aliphatic rings. The number of nitrogens with one attached hydrogen (secondary N) is 1. The van der Waals surface area contributed by atoms with Gasteiger partial charge in [-0.3, -0.25) is 0 Å². The molecule has 0 unspecified atom stereocenters. The first-order valence-electron chi connectivity index (χ1n) is 9.20. The van der Waals surface area contributed by atoms with Gasteiger partial charge >= 0.3 is 6.03 Å². The normalized spacial score (nSPS) is 16.8. The number of likely N-dealkylation sites (tertiary alicyclic amines) is 1. The van der Waals surface area contributed by atoms with Gasteiger partial charge in [-0.2, -0.15) is 0 Å². The summed E-state index contributed by atoms with van der Waals surface area (Å²) in [5.74, 6) is 1.27. The molecule has 7 heteroatoms. The molecule has 3 heterocycles. The van der Waals surface area contributed by atoms with Crippen LogP contribution < -0.4 is 5.32 Å². The molecule has 0 bridgehead atoms. The van der Waals surface area contributed by atoms with E-state index in [0.717, 1.165) is 47.1 Å². The van der Waals surface area contributed by atoms with E-state index in [0.29, 0.717) is 6.54 Å². The van der Waals surface area contributed by atoms with Gasteiger partial charge in [-0.15, -0.1) is 11.8 Å². The number of rotatable bonds is 4. The van der Waals surface area contributed by atoms with Crippen LogP contribution in [0.4, 0.5) is 10.5 Å². The van der Waals surface area contributed by atoms with Crippen molar-refractivity contribution in [3.05, 3.63) is 48.4 Å². The Morgan fingerprint density at radius 3 is 3.04 bits per heavy atom. The summed E-state index contributed by atoms with van der Waals surface area (Å²) in [6.07, 6.45) is 4.75. The van der Waals surface area contributed by atoms with Gasteiger partial charge < -0.3 is 14.8 Å². The Balaban J connectivity index is 1.49. The van der Waals surface area contributed by atoms with E-state index < -0.39 is 0 Å². The Labute approximate surface area is 163 Å². The number of urea groups is 1. The van der Waals surface area contributed by atoms with Crippen LogP contribution in [0.15, 0.2) is 47.5 Å². The highest BCUT2D eigenvalue weighted by atomic mass is 32.2. The second-order valence-corrected chi connectivity index (χ2v) is 7.53. The average molecular weight is 382 g/mol. The number of benzene rings is 1. The number of carbonyl (C=O) groups excluding carboxylic acids is 1. The van der Waals surface area contributed by atoms with Crippen LogP contribution in [0.3, 0.4) is 0 Å². The molecule has 140 valence electrons. The molecule has 2 aromatic heterocycles. The number of anilines is 1. The predicted octanol–water partition coefficient (Wildman–Crippen LogP) is 4.19. The number of pyridine rings is 1. The maximum atomic E-state index is 12.7. The van der Waals surface area contributed by atoms with Crippen molar-refractivity contribution in [3.8, 4) is 0 Å². The molecule has 6 nitrogen and oxygen atoms in total. The zero-order chi connectivity index (χ0) is 18.8. The third-order valence-corrected chi connectivity index (χ3v) is 5.74. The Hall–Kier alpha value is -2.54. The minimum atomic E-state index is -0.0481. The molecule has 0 aliphatic carbocycles. The first-order chi connectivity index (χ1) is 13.2.